The minimum atomic E-state index is -0.920. The minimum Gasteiger partial charge on any atom is -0.489 e. The SMILES string of the molecule is C/C(=C/COc1cc(C)c(Br)c(C)c1)C(=O)O. The summed E-state index contributed by atoms with van der Waals surface area (Å²) >= 11 is 3.48. The molecule has 1 aromatic carbocycles. The number of benzene rings is 1. The van der Waals surface area contributed by atoms with Crippen LogP contribution < -0.4 is 4.74 Å². The number of carbonyl (C=O) groups is 1. The van der Waals surface area contributed by atoms with Gasteiger partial charge in [-0.05, 0) is 50.1 Å². The number of hydrogen-bond acceptors (Lipinski definition) is 2. The number of carboxylic acid groups (broad SMARTS) is 1. The van der Waals surface area contributed by atoms with Gasteiger partial charge in [-0.3, -0.25) is 0 Å². The molecule has 0 spiro atoms. The molecule has 0 amide bonds. The smallest absolute Gasteiger partial charge is 0.331 e. The number of aliphatic carboxylic acids is 1. The number of aryl methyl sites for hydroxylation is 2. The zero-order chi connectivity index (χ0) is 13.0. The highest BCUT2D eigenvalue weighted by Crippen LogP contribution is 2.26. The molecule has 0 fully saturated rings. The average Bonchev–Trinajstić information content (AvgIpc) is 2.25. The molecule has 0 aliphatic heterocycles. The Hall–Kier alpha value is -1.29. The number of rotatable bonds is 4. The molecule has 0 radical (unpaired) electrons. The number of carboxylic acids is 1. The van der Waals surface area contributed by atoms with Crippen molar-refractivity contribution in [2.75, 3.05) is 6.61 Å². The fourth-order valence-electron chi connectivity index (χ4n) is 1.34. The second-order valence-corrected chi connectivity index (χ2v) is 4.67. The predicted molar refractivity (Wildman–Crippen MR) is 70.5 cm³/mol. The average molecular weight is 299 g/mol. The zero-order valence-corrected chi connectivity index (χ0v) is 11.7. The lowest BCUT2D eigenvalue weighted by Crippen LogP contribution is -2.01. The summed E-state index contributed by atoms with van der Waals surface area (Å²) in [5.41, 5.74) is 2.48. The third-order valence-corrected chi connectivity index (χ3v) is 3.64. The van der Waals surface area contributed by atoms with Crippen LogP contribution in [0.5, 0.6) is 5.75 Å². The lowest BCUT2D eigenvalue weighted by molar-refractivity contribution is -0.132. The standard InChI is InChI=1S/C13H15BrO3/c1-8(13(15)16)4-5-17-11-6-9(2)12(14)10(3)7-11/h4,6-7H,5H2,1-3H3,(H,15,16)/b8-4-. The Morgan fingerprint density at radius 1 is 1.41 bits per heavy atom. The van der Waals surface area contributed by atoms with Gasteiger partial charge in [0.15, 0.2) is 0 Å². The normalized spacial score (nSPS) is 11.4. The molecule has 0 unspecified atom stereocenters. The molecular formula is C13H15BrO3. The van der Waals surface area contributed by atoms with Crippen molar-refractivity contribution in [2.24, 2.45) is 0 Å². The van der Waals surface area contributed by atoms with E-state index in [1.165, 1.54) is 0 Å². The van der Waals surface area contributed by atoms with E-state index >= 15 is 0 Å². The Bertz CT molecular complexity index is 441. The van der Waals surface area contributed by atoms with Crippen LogP contribution in [0.1, 0.15) is 18.1 Å². The Labute approximate surface area is 109 Å². The first-order valence-electron chi connectivity index (χ1n) is 5.21. The summed E-state index contributed by atoms with van der Waals surface area (Å²) in [5, 5.41) is 8.67. The van der Waals surface area contributed by atoms with E-state index in [4.69, 9.17) is 9.84 Å². The molecule has 0 saturated carbocycles. The highest BCUT2D eigenvalue weighted by atomic mass is 79.9. The molecule has 1 rings (SSSR count). The predicted octanol–water partition coefficient (Wildman–Crippen LogP) is 3.48. The molecule has 4 heteroatoms. The van der Waals surface area contributed by atoms with Crippen molar-refractivity contribution in [3.05, 3.63) is 39.4 Å². The molecule has 0 saturated heterocycles. The van der Waals surface area contributed by atoms with E-state index in [1.807, 2.05) is 26.0 Å². The number of ether oxygens (including phenoxy) is 1. The minimum absolute atomic E-state index is 0.263. The van der Waals surface area contributed by atoms with E-state index in [1.54, 1.807) is 13.0 Å². The maximum absolute atomic E-state index is 10.6. The molecule has 0 bridgehead atoms. The lowest BCUT2D eigenvalue weighted by atomic mass is 10.1. The molecule has 0 aliphatic carbocycles. The van der Waals surface area contributed by atoms with Crippen LogP contribution in [-0.4, -0.2) is 17.7 Å². The van der Waals surface area contributed by atoms with Crippen LogP contribution in [0.3, 0.4) is 0 Å². The van der Waals surface area contributed by atoms with Gasteiger partial charge in [-0.1, -0.05) is 15.9 Å². The van der Waals surface area contributed by atoms with Crippen molar-refractivity contribution < 1.29 is 14.6 Å². The van der Waals surface area contributed by atoms with E-state index in [2.05, 4.69) is 15.9 Å². The Balaban J connectivity index is 2.71. The van der Waals surface area contributed by atoms with Crippen molar-refractivity contribution in [3.63, 3.8) is 0 Å². The summed E-state index contributed by atoms with van der Waals surface area (Å²) in [6.45, 7) is 5.78. The third kappa shape index (κ3) is 3.89. The molecule has 0 heterocycles. The first-order valence-corrected chi connectivity index (χ1v) is 6.00. The Morgan fingerprint density at radius 2 is 1.94 bits per heavy atom. The zero-order valence-electron chi connectivity index (χ0n) is 10.1. The van der Waals surface area contributed by atoms with Gasteiger partial charge in [-0.2, -0.15) is 0 Å². The second kappa shape index (κ2) is 5.87. The van der Waals surface area contributed by atoms with Crippen molar-refractivity contribution in [3.8, 4) is 5.75 Å². The van der Waals surface area contributed by atoms with Crippen LogP contribution in [0.2, 0.25) is 0 Å². The lowest BCUT2D eigenvalue weighted by Gasteiger charge is -2.08. The molecule has 3 nitrogen and oxygen atoms in total. The maximum atomic E-state index is 10.6. The topological polar surface area (TPSA) is 46.5 Å². The molecular weight excluding hydrogens is 284 g/mol. The summed E-state index contributed by atoms with van der Waals surface area (Å²) in [6, 6.07) is 3.84. The highest BCUT2D eigenvalue weighted by molar-refractivity contribution is 9.10. The van der Waals surface area contributed by atoms with Crippen molar-refractivity contribution in [1.29, 1.82) is 0 Å². The van der Waals surface area contributed by atoms with Crippen LogP contribution in [0.15, 0.2) is 28.3 Å². The second-order valence-electron chi connectivity index (χ2n) is 3.87. The summed E-state index contributed by atoms with van der Waals surface area (Å²) in [7, 11) is 0. The van der Waals surface area contributed by atoms with Crippen LogP contribution in [0.4, 0.5) is 0 Å². The van der Waals surface area contributed by atoms with Gasteiger partial charge in [0.2, 0.25) is 0 Å². The quantitative estimate of drug-likeness (QED) is 0.866. The van der Waals surface area contributed by atoms with Crippen molar-refractivity contribution in [2.45, 2.75) is 20.8 Å². The molecule has 92 valence electrons. The molecule has 0 atom stereocenters. The van der Waals surface area contributed by atoms with Crippen LogP contribution >= 0.6 is 15.9 Å². The Kier molecular flexibility index (Phi) is 4.75. The molecule has 0 aromatic heterocycles. The van der Waals surface area contributed by atoms with E-state index in [9.17, 15) is 4.79 Å². The van der Waals surface area contributed by atoms with Gasteiger partial charge in [0, 0.05) is 10.0 Å². The van der Waals surface area contributed by atoms with E-state index < -0.39 is 5.97 Å². The number of halogens is 1. The molecule has 0 aliphatic rings. The van der Waals surface area contributed by atoms with Gasteiger partial charge >= 0.3 is 5.97 Å². The van der Waals surface area contributed by atoms with Gasteiger partial charge in [0.25, 0.3) is 0 Å². The van der Waals surface area contributed by atoms with E-state index in [-0.39, 0.29) is 12.2 Å². The maximum Gasteiger partial charge on any atom is 0.331 e. The van der Waals surface area contributed by atoms with Crippen molar-refractivity contribution in [1.82, 2.24) is 0 Å². The fourth-order valence-corrected chi connectivity index (χ4v) is 1.57. The molecule has 17 heavy (non-hydrogen) atoms. The van der Waals surface area contributed by atoms with Gasteiger partial charge in [0.1, 0.15) is 12.4 Å². The van der Waals surface area contributed by atoms with Gasteiger partial charge < -0.3 is 9.84 Å². The van der Waals surface area contributed by atoms with Gasteiger partial charge in [-0.15, -0.1) is 0 Å². The summed E-state index contributed by atoms with van der Waals surface area (Å²) in [4.78, 5) is 10.6. The van der Waals surface area contributed by atoms with Crippen LogP contribution in [-0.2, 0) is 4.79 Å². The van der Waals surface area contributed by atoms with Gasteiger partial charge in [-0.25, -0.2) is 4.79 Å². The van der Waals surface area contributed by atoms with E-state index in [0.717, 1.165) is 21.3 Å². The van der Waals surface area contributed by atoms with Crippen molar-refractivity contribution >= 4 is 21.9 Å². The van der Waals surface area contributed by atoms with Crippen LogP contribution in [0.25, 0.3) is 0 Å². The third-order valence-electron chi connectivity index (χ3n) is 2.39. The molecule has 1 aromatic rings. The van der Waals surface area contributed by atoms with Gasteiger partial charge in [0.05, 0.1) is 0 Å². The molecule has 1 N–H and O–H groups in total. The Morgan fingerprint density at radius 3 is 2.41 bits per heavy atom. The summed E-state index contributed by atoms with van der Waals surface area (Å²) < 4.78 is 6.55. The van der Waals surface area contributed by atoms with Crippen LogP contribution in [0, 0.1) is 13.8 Å². The highest BCUT2D eigenvalue weighted by Gasteiger charge is 2.03. The number of hydrogen-bond donors (Lipinski definition) is 1. The first-order chi connectivity index (χ1) is 7.91. The monoisotopic (exact) mass is 298 g/mol. The fraction of sp³-hybridized carbons (Fsp3) is 0.308. The summed E-state index contributed by atoms with van der Waals surface area (Å²) in [6.07, 6.45) is 1.55. The summed E-state index contributed by atoms with van der Waals surface area (Å²) in [5.74, 6) is -0.172. The largest absolute Gasteiger partial charge is 0.489 e. The van der Waals surface area contributed by atoms with E-state index in [0.29, 0.717) is 0 Å². The first kappa shape index (κ1) is 13.8.